The molecule has 7 heteroatoms. The lowest BCUT2D eigenvalue weighted by atomic mass is 9.96. The molecule has 2 aromatic carbocycles. The van der Waals surface area contributed by atoms with E-state index in [1.165, 1.54) is 17.7 Å². The second-order valence-corrected chi connectivity index (χ2v) is 7.51. The first-order valence-corrected chi connectivity index (χ1v) is 9.65. The quantitative estimate of drug-likeness (QED) is 0.598. The number of halogens is 1. The maximum absolute atomic E-state index is 12.5. The van der Waals surface area contributed by atoms with Gasteiger partial charge in [0.1, 0.15) is 11.8 Å². The number of aromatic hydroxyl groups is 1. The lowest BCUT2D eigenvalue weighted by Crippen LogP contribution is -2.49. The van der Waals surface area contributed by atoms with Gasteiger partial charge in [-0.05, 0) is 48.6 Å². The van der Waals surface area contributed by atoms with E-state index in [2.05, 4.69) is 28.1 Å². The number of phenols is 1. The lowest BCUT2D eigenvalue weighted by Gasteiger charge is -2.17. The average Bonchev–Trinajstić information content (AvgIpc) is 3.16. The zero-order valence-electron chi connectivity index (χ0n) is 15.6. The number of hydrogen-bond acceptors (Lipinski definition) is 4. The monoisotopic (exact) mass is 401 g/mol. The molecule has 0 aliphatic carbocycles. The molecule has 1 fully saturated rings. The lowest BCUT2D eigenvalue weighted by molar-refractivity contribution is -0.129. The molecule has 1 aliphatic rings. The highest BCUT2D eigenvalue weighted by molar-refractivity contribution is 6.30. The SMILES string of the molecule is C[C@H](NC(=O)[C@H]1C[C@H](c2ccccc2)CN1)C(=O)NCc1cc(O)cc(Cl)c1. The van der Waals surface area contributed by atoms with Gasteiger partial charge in [-0.3, -0.25) is 9.59 Å². The van der Waals surface area contributed by atoms with Crippen molar-refractivity contribution in [3.63, 3.8) is 0 Å². The van der Waals surface area contributed by atoms with E-state index >= 15 is 0 Å². The van der Waals surface area contributed by atoms with Crippen molar-refractivity contribution in [3.05, 3.63) is 64.7 Å². The highest BCUT2D eigenvalue weighted by atomic mass is 35.5. The van der Waals surface area contributed by atoms with Crippen LogP contribution in [0.2, 0.25) is 5.02 Å². The van der Waals surface area contributed by atoms with Gasteiger partial charge in [-0.2, -0.15) is 0 Å². The van der Waals surface area contributed by atoms with Crippen LogP contribution in [0.1, 0.15) is 30.4 Å². The maximum Gasteiger partial charge on any atom is 0.242 e. The van der Waals surface area contributed by atoms with Crippen molar-refractivity contribution in [2.24, 2.45) is 0 Å². The fourth-order valence-corrected chi connectivity index (χ4v) is 3.62. The molecule has 0 spiro atoms. The Hall–Kier alpha value is -2.57. The molecule has 0 unspecified atom stereocenters. The Morgan fingerprint density at radius 3 is 2.71 bits per heavy atom. The molecular formula is C21H24ClN3O3. The number of carbonyl (C=O) groups is 2. The first-order chi connectivity index (χ1) is 13.4. The van der Waals surface area contributed by atoms with E-state index in [-0.39, 0.29) is 36.1 Å². The first-order valence-electron chi connectivity index (χ1n) is 9.27. The Kier molecular flexibility index (Phi) is 6.54. The molecule has 0 radical (unpaired) electrons. The van der Waals surface area contributed by atoms with Crippen molar-refractivity contribution >= 4 is 23.4 Å². The van der Waals surface area contributed by atoms with Crippen LogP contribution in [0.25, 0.3) is 0 Å². The molecule has 3 rings (SSSR count). The molecule has 2 aromatic rings. The van der Waals surface area contributed by atoms with E-state index in [4.69, 9.17) is 11.6 Å². The molecule has 0 saturated carbocycles. The van der Waals surface area contributed by atoms with Crippen LogP contribution in [-0.4, -0.2) is 35.5 Å². The minimum atomic E-state index is -0.669. The van der Waals surface area contributed by atoms with Crippen molar-refractivity contribution in [1.29, 1.82) is 0 Å². The van der Waals surface area contributed by atoms with Crippen LogP contribution in [0.15, 0.2) is 48.5 Å². The highest BCUT2D eigenvalue weighted by Gasteiger charge is 2.31. The van der Waals surface area contributed by atoms with E-state index in [1.54, 1.807) is 13.0 Å². The largest absolute Gasteiger partial charge is 0.508 e. The molecule has 1 heterocycles. The predicted octanol–water partition coefficient (Wildman–Crippen LogP) is 2.31. The van der Waals surface area contributed by atoms with Crippen molar-refractivity contribution in [3.8, 4) is 5.75 Å². The van der Waals surface area contributed by atoms with Gasteiger partial charge in [0.2, 0.25) is 11.8 Å². The van der Waals surface area contributed by atoms with E-state index < -0.39 is 6.04 Å². The third kappa shape index (κ3) is 5.24. The minimum Gasteiger partial charge on any atom is -0.508 e. The van der Waals surface area contributed by atoms with Crippen molar-refractivity contribution in [1.82, 2.24) is 16.0 Å². The molecule has 28 heavy (non-hydrogen) atoms. The van der Waals surface area contributed by atoms with Crippen LogP contribution in [0.3, 0.4) is 0 Å². The molecular weight excluding hydrogens is 378 g/mol. The summed E-state index contributed by atoms with van der Waals surface area (Å²) >= 11 is 5.89. The van der Waals surface area contributed by atoms with Gasteiger partial charge < -0.3 is 21.1 Å². The summed E-state index contributed by atoms with van der Waals surface area (Å²) in [6.45, 7) is 2.60. The van der Waals surface area contributed by atoms with Gasteiger partial charge in [0, 0.05) is 18.1 Å². The molecule has 1 saturated heterocycles. The molecule has 1 aliphatic heterocycles. The van der Waals surface area contributed by atoms with E-state index in [1.807, 2.05) is 18.2 Å². The Morgan fingerprint density at radius 2 is 2.00 bits per heavy atom. The first kappa shape index (κ1) is 20.2. The van der Waals surface area contributed by atoms with Crippen molar-refractivity contribution < 1.29 is 14.7 Å². The maximum atomic E-state index is 12.5. The molecule has 2 amide bonds. The van der Waals surface area contributed by atoms with Gasteiger partial charge >= 0.3 is 0 Å². The van der Waals surface area contributed by atoms with E-state index in [9.17, 15) is 14.7 Å². The summed E-state index contributed by atoms with van der Waals surface area (Å²) in [5, 5.41) is 18.7. The van der Waals surface area contributed by atoms with Crippen LogP contribution in [0.5, 0.6) is 5.75 Å². The molecule has 0 bridgehead atoms. The number of nitrogens with one attached hydrogen (secondary N) is 3. The van der Waals surface area contributed by atoms with Gasteiger partial charge in [-0.15, -0.1) is 0 Å². The number of phenolic OH excluding ortho intramolecular Hbond substituents is 1. The summed E-state index contributed by atoms with van der Waals surface area (Å²) in [7, 11) is 0. The van der Waals surface area contributed by atoms with Gasteiger partial charge in [-0.25, -0.2) is 0 Å². The van der Waals surface area contributed by atoms with Gasteiger partial charge in [0.15, 0.2) is 0 Å². The third-order valence-corrected chi connectivity index (χ3v) is 5.10. The Bertz CT molecular complexity index is 824. The topological polar surface area (TPSA) is 90.5 Å². The molecule has 6 nitrogen and oxygen atoms in total. The molecule has 0 aromatic heterocycles. The summed E-state index contributed by atoms with van der Waals surface area (Å²) in [5.41, 5.74) is 1.89. The number of rotatable bonds is 6. The summed E-state index contributed by atoms with van der Waals surface area (Å²) in [6, 6.07) is 13.7. The highest BCUT2D eigenvalue weighted by Crippen LogP contribution is 2.25. The van der Waals surface area contributed by atoms with Crippen molar-refractivity contribution in [2.45, 2.75) is 37.9 Å². The molecule has 3 atom stereocenters. The van der Waals surface area contributed by atoms with Crippen LogP contribution in [0.4, 0.5) is 0 Å². The summed E-state index contributed by atoms with van der Waals surface area (Å²) in [6.07, 6.45) is 0.700. The summed E-state index contributed by atoms with van der Waals surface area (Å²) in [5.74, 6) is -0.151. The van der Waals surface area contributed by atoms with Crippen LogP contribution in [-0.2, 0) is 16.1 Å². The zero-order valence-corrected chi connectivity index (χ0v) is 16.4. The average molecular weight is 402 g/mol. The Balaban J connectivity index is 1.48. The number of amides is 2. The van der Waals surface area contributed by atoms with E-state index in [0.717, 1.165) is 6.54 Å². The minimum absolute atomic E-state index is 0.0402. The Morgan fingerprint density at radius 1 is 1.25 bits per heavy atom. The smallest absolute Gasteiger partial charge is 0.242 e. The number of hydrogen-bond donors (Lipinski definition) is 4. The third-order valence-electron chi connectivity index (χ3n) is 4.88. The Labute approximate surface area is 169 Å². The number of benzene rings is 2. The fourth-order valence-electron chi connectivity index (χ4n) is 3.37. The van der Waals surface area contributed by atoms with Crippen LogP contribution < -0.4 is 16.0 Å². The summed E-state index contributed by atoms with van der Waals surface area (Å²) in [4.78, 5) is 24.8. The molecule has 4 N–H and O–H groups in total. The normalized spacial score (nSPS) is 19.8. The predicted molar refractivity (Wildman–Crippen MR) is 108 cm³/mol. The fraction of sp³-hybridized carbons (Fsp3) is 0.333. The second kappa shape index (κ2) is 9.08. The van der Waals surface area contributed by atoms with Crippen LogP contribution >= 0.6 is 11.6 Å². The second-order valence-electron chi connectivity index (χ2n) is 7.07. The van der Waals surface area contributed by atoms with Gasteiger partial charge in [-0.1, -0.05) is 41.9 Å². The number of carbonyl (C=O) groups excluding carboxylic acids is 2. The standard InChI is InChI=1S/C21H24ClN3O3/c1-13(20(27)24-11-14-7-17(22)10-18(26)8-14)25-21(28)19-9-16(12-23-19)15-5-3-2-4-6-15/h2-8,10,13,16,19,23,26H,9,11-12H2,1H3,(H,24,27)(H,25,28)/t13-,16-,19+/m0/s1. The summed E-state index contributed by atoms with van der Waals surface area (Å²) < 4.78 is 0. The van der Waals surface area contributed by atoms with Gasteiger partial charge in [0.25, 0.3) is 0 Å². The molecule has 148 valence electrons. The van der Waals surface area contributed by atoms with Crippen LogP contribution in [0, 0.1) is 0 Å². The van der Waals surface area contributed by atoms with Gasteiger partial charge in [0.05, 0.1) is 6.04 Å². The van der Waals surface area contributed by atoms with Crippen molar-refractivity contribution in [2.75, 3.05) is 6.54 Å². The van der Waals surface area contributed by atoms with E-state index in [0.29, 0.717) is 17.0 Å². The zero-order chi connectivity index (χ0) is 20.1.